The van der Waals surface area contributed by atoms with Crippen LogP contribution in [-0.2, 0) is 26.0 Å². The molecule has 8 nitrogen and oxygen atoms in total. The van der Waals surface area contributed by atoms with Crippen LogP contribution in [0.5, 0.6) is 5.75 Å². The van der Waals surface area contributed by atoms with Crippen LogP contribution in [0.4, 0.5) is 0 Å². The van der Waals surface area contributed by atoms with Gasteiger partial charge < -0.3 is 20.1 Å². The van der Waals surface area contributed by atoms with Crippen molar-refractivity contribution < 1.29 is 22.7 Å². The number of nitrogens with one attached hydrogen (secondary N) is 3. The van der Waals surface area contributed by atoms with Gasteiger partial charge in [-0.25, -0.2) is 8.42 Å². The van der Waals surface area contributed by atoms with Crippen molar-refractivity contribution >= 4 is 45.0 Å². The monoisotopic (exact) mass is 485 g/mol. The lowest BCUT2D eigenvalue weighted by atomic mass is 10.1. The number of amides is 1. The fourth-order valence-electron chi connectivity index (χ4n) is 2.61. The zero-order chi connectivity index (χ0) is 22.7. The van der Waals surface area contributed by atoms with E-state index in [1.807, 2.05) is 11.5 Å². The number of thioether (sulfide) groups is 1. The Hall–Kier alpha value is -2.08. The predicted octanol–water partition coefficient (Wildman–Crippen LogP) is 1.73. The first-order valence-electron chi connectivity index (χ1n) is 9.61. The first kappa shape index (κ1) is 25.2. The van der Waals surface area contributed by atoms with E-state index >= 15 is 0 Å². The molecule has 0 saturated carbocycles. The molecule has 170 valence electrons. The lowest BCUT2D eigenvalue weighted by Crippen LogP contribution is -2.37. The average Bonchev–Trinajstić information content (AvgIpc) is 3.26. The van der Waals surface area contributed by atoms with Gasteiger partial charge >= 0.3 is 0 Å². The molecule has 0 bridgehead atoms. The highest BCUT2D eigenvalue weighted by Gasteiger charge is 2.21. The first-order valence-corrected chi connectivity index (χ1v) is 12.4. The second-order valence-corrected chi connectivity index (χ2v) is 9.70. The van der Waals surface area contributed by atoms with Gasteiger partial charge in [-0.15, -0.1) is 11.8 Å². The van der Waals surface area contributed by atoms with E-state index in [1.54, 1.807) is 23.9 Å². The third-order valence-corrected chi connectivity index (χ3v) is 7.04. The number of allylic oxidation sites excluding steroid dienone is 1. The van der Waals surface area contributed by atoms with Crippen molar-refractivity contribution in [3.63, 3.8) is 0 Å². The standard InChI is InChI=1S/C20H27N3O5S3/c1-21-20(29)23-31(25,26)18-14-15(5-7-17(18)28-12-11-27-2)9-10-22-19(24)8-6-16-4-3-13-30-16/h3,5-8,13-14,16H,4,9-12H2,1-2H3,(H,22,24)(H2,21,23,29)/b8-6+. The van der Waals surface area contributed by atoms with Gasteiger partial charge in [0.2, 0.25) is 5.91 Å². The quantitative estimate of drug-likeness (QED) is 0.247. The summed E-state index contributed by atoms with van der Waals surface area (Å²) in [5.41, 5.74) is 0.731. The molecule has 11 heteroatoms. The Kier molecular flexibility index (Phi) is 10.3. The molecular weight excluding hydrogens is 458 g/mol. The van der Waals surface area contributed by atoms with Gasteiger partial charge in [-0.2, -0.15) is 0 Å². The molecule has 1 amide bonds. The predicted molar refractivity (Wildman–Crippen MR) is 127 cm³/mol. The SMILES string of the molecule is CNC(=S)NS(=O)(=O)c1cc(CCNC(=O)/C=C/C2CC=CS2)ccc1OCCOC. The van der Waals surface area contributed by atoms with Crippen molar-refractivity contribution in [2.45, 2.75) is 23.0 Å². The third kappa shape index (κ3) is 8.52. The molecule has 0 saturated heterocycles. The number of benzene rings is 1. The number of ether oxygens (including phenoxy) is 2. The fourth-order valence-corrected chi connectivity index (χ4v) is 4.91. The van der Waals surface area contributed by atoms with E-state index in [-0.39, 0.29) is 28.3 Å². The minimum atomic E-state index is -3.95. The molecule has 1 heterocycles. The Morgan fingerprint density at radius 3 is 2.84 bits per heavy atom. The van der Waals surface area contributed by atoms with Crippen LogP contribution in [0.15, 0.2) is 46.7 Å². The molecule has 1 aromatic carbocycles. The highest BCUT2D eigenvalue weighted by Crippen LogP contribution is 2.26. The van der Waals surface area contributed by atoms with Crippen molar-refractivity contribution in [1.29, 1.82) is 0 Å². The van der Waals surface area contributed by atoms with Gasteiger partial charge in [0.1, 0.15) is 17.3 Å². The molecule has 0 fully saturated rings. The van der Waals surface area contributed by atoms with Gasteiger partial charge in [0, 0.05) is 32.0 Å². The van der Waals surface area contributed by atoms with Crippen LogP contribution in [0.2, 0.25) is 0 Å². The first-order chi connectivity index (χ1) is 14.9. The van der Waals surface area contributed by atoms with Gasteiger partial charge in [0.15, 0.2) is 5.11 Å². The fraction of sp³-hybridized carbons (Fsp3) is 0.400. The van der Waals surface area contributed by atoms with Crippen LogP contribution >= 0.6 is 24.0 Å². The summed E-state index contributed by atoms with van der Waals surface area (Å²) in [5.74, 6) is 0.0164. The van der Waals surface area contributed by atoms with E-state index in [2.05, 4.69) is 21.4 Å². The van der Waals surface area contributed by atoms with E-state index in [0.717, 1.165) is 12.0 Å². The smallest absolute Gasteiger partial charge is 0.267 e. The number of carbonyl (C=O) groups excluding carboxylic acids is 1. The number of rotatable bonds is 11. The van der Waals surface area contributed by atoms with Gasteiger partial charge in [-0.3, -0.25) is 9.52 Å². The van der Waals surface area contributed by atoms with Crippen LogP contribution in [0.3, 0.4) is 0 Å². The van der Waals surface area contributed by atoms with Crippen molar-refractivity contribution in [2.24, 2.45) is 0 Å². The highest BCUT2D eigenvalue weighted by atomic mass is 32.2. The number of sulfonamides is 1. The van der Waals surface area contributed by atoms with E-state index < -0.39 is 10.0 Å². The van der Waals surface area contributed by atoms with Crippen LogP contribution in [0.1, 0.15) is 12.0 Å². The summed E-state index contributed by atoms with van der Waals surface area (Å²) in [7, 11) is -0.892. The number of hydrogen-bond acceptors (Lipinski definition) is 7. The minimum Gasteiger partial charge on any atom is -0.490 e. The number of hydrogen-bond donors (Lipinski definition) is 3. The molecule has 0 spiro atoms. The molecule has 1 aromatic rings. The lowest BCUT2D eigenvalue weighted by molar-refractivity contribution is -0.116. The molecule has 3 N–H and O–H groups in total. The lowest BCUT2D eigenvalue weighted by Gasteiger charge is -2.15. The van der Waals surface area contributed by atoms with Crippen molar-refractivity contribution in [2.75, 3.05) is 33.9 Å². The van der Waals surface area contributed by atoms with Crippen molar-refractivity contribution in [3.8, 4) is 5.75 Å². The molecular formula is C20H27N3O5S3. The number of thiocarbonyl (C=S) groups is 1. The van der Waals surface area contributed by atoms with E-state index in [4.69, 9.17) is 21.7 Å². The molecule has 0 aliphatic carbocycles. The van der Waals surface area contributed by atoms with Gasteiger partial charge in [-0.05, 0) is 48.2 Å². The largest absolute Gasteiger partial charge is 0.490 e. The molecule has 0 radical (unpaired) electrons. The molecule has 1 atom stereocenters. The summed E-state index contributed by atoms with van der Waals surface area (Å²) in [6, 6.07) is 4.87. The van der Waals surface area contributed by atoms with Gasteiger partial charge in [-0.1, -0.05) is 18.2 Å². The van der Waals surface area contributed by atoms with Crippen LogP contribution in [0.25, 0.3) is 0 Å². The second kappa shape index (κ2) is 12.7. The van der Waals surface area contributed by atoms with Crippen LogP contribution in [0, 0.1) is 0 Å². The zero-order valence-electron chi connectivity index (χ0n) is 17.4. The van der Waals surface area contributed by atoms with Crippen LogP contribution < -0.4 is 20.1 Å². The van der Waals surface area contributed by atoms with Crippen molar-refractivity contribution in [3.05, 3.63) is 47.4 Å². The number of methoxy groups -OCH3 is 1. The molecule has 31 heavy (non-hydrogen) atoms. The average molecular weight is 486 g/mol. The normalized spacial score (nSPS) is 15.7. The molecule has 1 unspecified atom stereocenters. The number of carbonyl (C=O) groups is 1. The molecule has 1 aliphatic heterocycles. The molecule has 1 aliphatic rings. The van der Waals surface area contributed by atoms with E-state index in [1.165, 1.54) is 26.3 Å². The summed E-state index contributed by atoms with van der Waals surface area (Å²) in [5, 5.41) is 7.70. The van der Waals surface area contributed by atoms with Gasteiger partial charge in [0.05, 0.1) is 6.61 Å². The summed E-state index contributed by atoms with van der Waals surface area (Å²) in [6.07, 6.45) is 6.87. The summed E-state index contributed by atoms with van der Waals surface area (Å²) in [4.78, 5) is 12.0. The van der Waals surface area contributed by atoms with Crippen LogP contribution in [-0.4, -0.2) is 58.6 Å². The Balaban J connectivity index is 2.04. The second-order valence-electron chi connectivity index (χ2n) is 6.49. The topological polar surface area (TPSA) is 106 Å². The Labute approximate surface area is 192 Å². The maximum absolute atomic E-state index is 12.8. The summed E-state index contributed by atoms with van der Waals surface area (Å²) >= 11 is 6.61. The summed E-state index contributed by atoms with van der Waals surface area (Å²) in [6.45, 7) is 0.884. The van der Waals surface area contributed by atoms with E-state index in [9.17, 15) is 13.2 Å². The minimum absolute atomic E-state index is 0.0251. The maximum Gasteiger partial charge on any atom is 0.267 e. The van der Waals surface area contributed by atoms with Gasteiger partial charge in [0.25, 0.3) is 10.0 Å². The Morgan fingerprint density at radius 1 is 1.35 bits per heavy atom. The molecule has 2 rings (SSSR count). The Morgan fingerprint density at radius 2 is 2.16 bits per heavy atom. The zero-order valence-corrected chi connectivity index (χ0v) is 19.9. The maximum atomic E-state index is 12.8. The highest BCUT2D eigenvalue weighted by molar-refractivity contribution is 8.03. The third-order valence-electron chi connectivity index (χ3n) is 4.19. The summed E-state index contributed by atoms with van der Waals surface area (Å²) < 4.78 is 38.3. The molecule has 0 aromatic heterocycles. The van der Waals surface area contributed by atoms with E-state index in [0.29, 0.717) is 24.8 Å². The Bertz CT molecular complexity index is 924. The van der Waals surface area contributed by atoms with Crippen molar-refractivity contribution in [1.82, 2.24) is 15.4 Å².